The molecule has 0 bridgehead atoms. The maximum absolute atomic E-state index is 11.5. The quantitative estimate of drug-likeness (QED) is 0.815. The van der Waals surface area contributed by atoms with Crippen molar-refractivity contribution < 1.29 is 8.42 Å². The number of H-pyrrole nitrogens is 1. The molecular formula is C11H17N3O3S. The van der Waals surface area contributed by atoms with Crippen LogP contribution in [0.5, 0.6) is 0 Å². The summed E-state index contributed by atoms with van der Waals surface area (Å²) in [5.74, 6) is 1.42. The number of aromatic nitrogens is 2. The summed E-state index contributed by atoms with van der Waals surface area (Å²) in [6, 6.07) is 1.27. The van der Waals surface area contributed by atoms with Gasteiger partial charge < -0.3 is 9.88 Å². The van der Waals surface area contributed by atoms with Crippen molar-refractivity contribution in [3.63, 3.8) is 0 Å². The number of aromatic amines is 1. The van der Waals surface area contributed by atoms with Gasteiger partial charge in [0.2, 0.25) is 0 Å². The Labute approximate surface area is 106 Å². The number of hydrogen-bond donors (Lipinski definition) is 1. The van der Waals surface area contributed by atoms with Gasteiger partial charge in [-0.3, -0.25) is 4.79 Å². The second-order valence-corrected chi connectivity index (χ2v) is 6.79. The lowest BCUT2D eigenvalue weighted by molar-refractivity contribution is 0.566. The van der Waals surface area contributed by atoms with E-state index in [4.69, 9.17) is 0 Å². The monoisotopic (exact) mass is 271 g/mol. The van der Waals surface area contributed by atoms with Crippen LogP contribution in [0.1, 0.15) is 19.7 Å². The molecule has 7 heteroatoms. The molecule has 1 aromatic rings. The third-order valence-corrected chi connectivity index (χ3v) is 4.87. The Kier molecular flexibility index (Phi) is 3.43. The van der Waals surface area contributed by atoms with Crippen molar-refractivity contribution in [2.45, 2.75) is 26.3 Å². The highest BCUT2D eigenvalue weighted by Crippen LogP contribution is 2.18. The first-order valence-corrected chi connectivity index (χ1v) is 7.81. The van der Waals surface area contributed by atoms with E-state index in [1.54, 1.807) is 0 Å². The van der Waals surface area contributed by atoms with Gasteiger partial charge in [0.05, 0.1) is 11.5 Å². The molecule has 0 spiro atoms. The fourth-order valence-electron chi connectivity index (χ4n) is 2.15. The zero-order valence-electron chi connectivity index (χ0n) is 10.5. The van der Waals surface area contributed by atoms with Crippen molar-refractivity contribution in [1.82, 2.24) is 9.97 Å². The molecule has 6 nitrogen and oxygen atoms in total. The maximum atomic E-state index is 11.5. The Bertz CT molecular complexity index is 594. The van der Waals surface area contributed by atoms with Crippen molar-refractivity contribution in [3.8, 4) is 0 Å². The minimum atomic E-state index is -2.95. The minimum Gasteiger partial charge on any atom is -0.352 e. The number of nitrogens with zero attached hydrogens (tertiary/aromatic N) is 2. The Morgan fingerprint density at radius 3 is 2.89 bits per heavy atom. The van der Waals surface area contributed by atoms with E-state index in [0.717, 1.165) is 0 Å². The van der Waals surface area contributed by atoms with E-state index in [1.165, 1.54) is 6.07 Å². The van der Waals surface area contributed by atoms with Gasteiger partial charge in [-0.05, 0) is 6.92 Å². The highest BCUT2D eigenvalue weighted by Gasteiger charge is 2.29. The molecule has 1 fully saturated rings. The topological polar surface area (TPSA) is 83.1 Å². The predicted molar refractivity (Wildman–Crippen MR) is 69.7 cm³/mol. The zero-order valence-corrected chi connectivity index (χ0v) is 11.3. The molecule has 2 heterocycles. The molecule has 18 heavy (non-hydrogen) atoms. The number of rotatable bonds is 2. The Morgan fingerprint density at radius 2 is 2.28 bits per heavy atom. The van der Waals surface area contributed by atoms with E-state index in [0.29, 0.717) is 24.6 Å². The van der Waals surface area contributed by atoms with Crippen LogP contribution in [-0.2, 0) is 16.3 Å². The van der Waals surface area contributed by atoms with E-state index in [2.05, 4.69) is 9.97 Å². The van der Waals surface area contributed by atoms with Gasteiger partial charge >= 0.3 is 0 Å². The molecule has 1 N–H and O–H groups in total. The van der Waals surface area contributed by atoms with Crippen LogP contribution in [0.4, 0.5) is 5.82 Å². The summed E-state index contributed by atoms with van der Waals surface area (Å²) in [5, 5.41) is 0. The average molecular weight is 271 g/mol. The third-order valence-electron chi connectivity index (χ3n) is 3.08. The van der Waals surface area contributed by atoms with Gasteiger partial charge in [0.1, 0.15) is 11.6 Å². The lowest BCUT2D eigenvalue weighted by atomic mass is 10.3. The number of anilines is 1. The molecule has 1 aromatic heterocycles. The second kappa shape index (κ2) is 4.72. The predicted octanol–water partition coefficient (Wildman–Crippen LogP) is -0.0444. The molecule has 0 saturated carbocycles. The van der Waals surface area contributed by atoms with Gasteiger partial charge in [-0.2, -0.15) is 0 Å². The number of nitrogens with one attached hydrogen (secondary N) is 1. The van der Waals surface area contributed by atoms with E-state index in [9.17, 15) is 13.2 Å². The van der Waals surface area contributed by atoms with Crippen molar-refractivity contribution in [3.05, 3.63) is 22.2 Å². The fraction of sp³-hybridized carbons (Fsp3) is 0.636. The van der Waals surface area contributed by atoms with Crippen LogP contribution in [-0.4, -0.2) is 42.5 Å². The van der Waals surface area contributed by atoms with E-state index < -0.39 is 9.84 Å². The Hall–Kier alpha value is -1.37. The highest BCUT2D eigenvalue weighted by atomic mass is 32.2. The van der Waals surface area contributed by atoms with Gasteiger partial charge in [-0.25, -0.2) is 13.4 Å². The summed E-state index contributed by atoms with van der Waals surface area (Å²) in [6.07, 6.45) is 0.642. The molecule has 0 aliphatic carbocycles. The molecule has 1 aliphatic rings. The van der Waals surface area contributed by atoms with Gasteiger partial charge in [-0.15, -0.1) is 0 Å². The largest absolute Gasteiger partial charge is 0.352 e. The van der Waals surface area contributed by atoms with Crippen LogP contribution < -0.4 is 10.5 Å². The van der Waals surface area contributed by atoms with E-state index >= 15 is 0 Å². The summed E-state index contributed by atoms with van der Waals surface area (Å²) >= 11 is 0. The van der Waals surface area contributed by atoms with Gasteiger partial charge in [0.25, 0.3) is 5.56 Å². The molecule has 1 saturated heterocycles. The molecule has 2 rings (SSSR count). The molecule has 100 valence electrons. The fourth-order valence-corrected chi connectivity index (χ4v) is 3.70. The summed E-state index contributed by atoms with van der Waals surface area (Å²) < 4.78 is 23.0. The van der Waals surface area contributed by atoms with Crippen LogP contribution in [0.25, 0.3) is 0 Å². The Balaban J connectivity index is 2.32. The summed E-state index contributed by atoms with van der Waals surface area (Å²) in [7, 11) is -2.95. The van der Waals surface area contributed by atoms with Crippen LogP contribution in [0.3, 0.4) is 0 Å². The number of hydrogen-bond acceptors (Lipinski definition) is 5. The number of sulfone groups is 1. The smallest absolute Gasteiger partial charge is 0.252 e. The Morgan fingerprint density at radius 1 is 1.56 bits per heavy atom. The van der Waals surface area contributed by atoms with Crippen molar-refractivity contribution in [1.29, 1.82) is 0 Å². The third kappa shape index (κ3) is 2.72. The lowest BCUT2D eigenvalue weighted by Gasteiger charge is -2.34. The van der Waals surface area contributed by atoms with Crippen molar-refractivity contribution >= 4 is 15.7 Å². The first-order chi connectivity index (χ1) is 8.41. The van der Waals surface area contributed by atoms with Crippen LogP contribution >= 0.6 is 0 Å². The molecule has 1 unspecified atom stereocenters. The normalized spacial score (nSPS) is 23.0. The SMILES string of the molecule is CCc1nc(N2CCS(=O)(=O)CC2C)cc(=O)[nH]1. The van der Waals surface area contributed by atoms with Gasteiger partial charge in [0, 0.05) is 25.1 Å². The summed E-state index contributed by atoms with van der Waals surface area (Å²) in [6.45, 7) is 4.14. The summed E-state index contributed by atoms with van der Waals surface area (Å²) in [5.41, 5.74) is -0.197. The lowest BCUT2D eigenvalue weighted by Crippen LogP contribution is -2.47. The molecule has 0 amide bonds. The second-order valence-electron chi connectivity index (χ2n) is 4.56. The standard InChI is InChI=1S/C11H17N3O3S/c1-3-9-12-10(6-11(15)13-9)14-4-5-18(16,17)7-8(14)2/h6,8H,3-5,7H2,1-2H3,(H,12,13,15). The van der Waals surface area contributed by atoms with Crippen LogP contribution in [0, 0.1) is 0 Å². The van der Waals surface area contributed by atoms with Crippen LogP contribution in [0.15, 0.2) is 10.9 Å². The van der Waals surface area contributed by atoms with Gasteiger partial charge in [-0.1, -0.05) is 6.92 Å². The highest BCUT2D eigenvalue weighted by molar-refractivity contribution is 7.91. The molecular weight excluding hydrogens is 254 g/mol. The first-order valence-electron chi connectivity index (χ1n) is 5.98. The van der Waals surface area contributed by atoms with Crippen molar-refractivity contribution in [2.24, 2.45) is 0 Å². The van der Waals surface area contributed by atoms with Gasteiger partial charge in [0.15, 0.2) is 9.84 Å². The zero-order chi connectivity index (χ0) is 13.3. The van der Waals surface area contributed by atoms with Crippen LogP contribution in [0.2, 0.25) is 0 Å². The summed E-state index contributed by atoms with van der Waals surface area (Å²) in [4.78, 5) is 20.4. The van der Waals surface area contributed by atoms with E-state index in [1.807, 2.05) is 18.7 Å². The maximum Gasteiger partial charge on any atom is 0.252 e. The first kappa shape index (κ1) is 13.1. The minimum absolute atomic E-state index is 0.114. The van der Waals surface area contributed by atoms with E-state index in [-0.39, 0.29) is 23.1 Å². The number of aryl methyl sites for hydroxylation is 1. The molecule has 0 aromatic carbocycles. The molecule has 1 atom stereocenters. The molecule has 1 aliphatic heterocycles. The average Bonchev–Trinajstić information content (AvgIpc) is 2.26. The molecule has 0 radical (unpaired) electrons. The van der Waals surface area contributed by atoms with Crippen molar-refractivity contribution in [2.75, 3.05) is 23.0 Å².